The number of hydrogen-bond donors (Lipinski definition) is 2. The zero-order chi connectivity index (χ0) is 29.2. The molecule has 2 aromatic carbocycles. The lowest BCUT2D eigenvalue weighted by Gasteiger charge is -2.30. The maximum atomic E-state index is 14.8. The molecule has 0 spiro atoms. The van der Waals surface area contributed by atoms with Gasteiger partial charge in [-0.2, -0.15) is 0 Å². The van der Waals surface area contributed by atoms with Gasteiger partial charge in [0.15, 0.2) is 17.3 Å². The molecule has 1 unspecified atom stereocenters. The second kappa shape index (κ2) is 12.4. The summed E-state index contributed by atoms with van der Waals surface area (Å²) in [4.78, 5) is 22.5. The van der Waals surface area contributed by atoms with Crippen LogP contribution < -0.4 is 19.7 Å². The Labute approximate surface area is 248 Å². The van der Waals surface area contributed by atoms with E-state index in [1.165, 1.54) is 18.2 Å². The number of halogens is 3. The average Bonchev–Trinajstić information content (AvgIpc) is 3.70. The number of ether oxygens (including phenoxy) is 2. The topological polar surface area (TPSA) is 87.2 Å². The number of nitrogens with one attached hydrogen (secondary N) is 1. The molecule has 3 aromatic rings. The van der Waals surface area contributed by atoms with E-state index in [1.807, 2.05) is 11.0 Å². The first kappa shape index (κ1) is 28.6. The molecule has 11 heteroatoms. The zero-order valence-corrected chi connectivity index (χ0v) is 23.8. The van der Waals surface area contributed by atoms with Crippen molar-refractivity contribution in [1.82, 2.24) is 15.2 Å². The van der Waals surface area contributed by atoms with Crippen LogP contribution in [0.3, 0.4) is 0 Å². The van der Waals surface area contributed by atoms with Gasteiger partial charge in [0.2, 0.25) is 5.91 Å². The van der Waals surface area contributed by atoms with Crippen LogP contribution in [0.25, 0.3) is 11.3 Å². The molecule has 1 aromatic heterocycles. The predicted octanol–water partition coefficient (Wildman–Crippen LogP) is 4.59. The van der Waals surface area contributed by atoms with Gasteiger partial charge in [-0.05, 0) is 86.4 Å². The van der Waals surface area contributed by atoms with Crippen molar-refractivity contribution in [2.75, 3.05) is 50.8 Å². The van der Waals surface area contributed by atoms with Gasteiger partial charge >= 0.3 is 0 Å². The van der Waals surface area contributed by atoms with Crippen molar-refractivity contribution < 1.29 is 28.2 Å². The van der Waals surface area contributed by atoms with Crippen molar-refractivity contribution in [2.45, 2.75) is 31.4 Å². The van der Waals surface area contributed by atoms with Crippen LogP contribution >= 0.6 is 11.6 Å². The highest BCUT2D eigenvalue weighted by atomic mass is 35.5. The van der Waals surface area contributed by atoms with Crippen LogP contribution in [0.4, 0.5) is 14.6 Å². The molecule has 42 heavy (non-hydrogen) atoms. The standard InChI is InChI=1S/C31H33ClF2N4O4/c32-23-7-8-27(36-28(23)19-3-5-22(33)6-4-19)38-12-9-20(17-38)31(40)35-25(18-37-10-1-2-11-37)29(39)21-15-24(34)30-26(16-21)41-13-14-42-30/h3-8,15-16,20,25,29,39H,1-2,9-14,17-18H2,(H,35,40)/t20?,25-,29-/m1/s1. The first-order chi connectivity index (χ1) is 20.4. The fourth-order valence-corrected chi connectivity index (χ4v) is 6.12. The normalized spacial score (nSPS) is 20.0. The Morgan fingerprint density at radius 3 is 2.62 bits per heavy atom. The third-order valence-corrected chi connectivity index (χ3v) is 8.46. The maximum Gasteiger partial charge on any atom is 0.225 e. The summed E-state index contributed by atoms with van der Waals surface area (Å²) in [6.45, 7) is 3.81. The summed E-state index contributed by atoms with van der Waals surface area (Å²) in [6, 6.07) is 11.8. The minimum absolute atomic E-state index is 0.0433. The summed E-state index contributed by atoms with van der Waals surface area (Å²) in [5, 5.41) is 14.9. The Bertz CT molecular complexity index is 1440. The SMILES string of the molecule is O=C(N[C@H](CN1CCCC1)[C@H](O)c1cc(F)c2c(c1)OCCO2)C1CCN(c2ccc(Cl)c(-c3ccc(F)cc3)n2)C1. The molecule has 0 bridgehead atoms. The Morgan fingerprint density at radius 2 is 1.83 bits per heavy atom. The van der Waals surface area contributed by atoms with Crippen LogP contribution in [0, 0.1) is 17.6 Å². The molecule has 0 aliphatic carbocycles. The molecular formula is C31H33ClF2N4O4. The molecule has 2 saturated heterocycles. The number of aromatic nitrogens is 1. The van der Waals surface area contributed by atoms with Crippen molar-refractivity contribution in [3.05, 3.63) is 70.8 Å². The lowest BCUT2D eigenvalue weighted by Crippen LogP contribution is -2.48. The molecule has 4 heterocycles. The van der Waals surface area contributed by atoms with E-state index in [-0.39, 0.29) is 35.7 Å². The average molecular weight is 599 g/mol. The van der Waals surface area contributed by atoms with Crippen molar-refractivity contribution in [3.8, 4) is 22.8 Å². The van der Waals surface area contributed by atoms with Gasteiger partial charge in [-0.3, -0.25) is 4.79 Å². The number of carbonyl (C=O) groups excluding carboxylic acids is 1. The third kappa shape index (κ3) is 6.16. The summed E-state index contributed by atoms with van der Waals surface area (Å²) in [7, 11) is 0. The van der Waals surface area contributed by atoms with Crippen LogP contribution in [0.15, 0.2) is 48.5 Å². The molecule has 2 fully saturated rings. The number of hydrogen-bond acceptors (Lipinski definition) is 7. The van der Waals surface area contributed by atoms with Gasteiger partial charge in [-0.25, -0.2) is 13.8 Å². The fraction of sp³-hybridized carbons (Fsp3) is 0.419. The number of rotatable bonds is 8. The Balaban J connectivity index is 1.17. The number of amides is 1. The molecule has 0 radical (unpaired) electrons. The highest BCUT2D eigenvalue weighted by molar-refractivity contribution is 6.33. The molecule has 2 N–H and O–H groups in total. The van der Waals surface area contributed by atoms with E-state index < -0.39 is 18.0 Å². The zero-order valence-electron chi connectivity index (χ0n) is 23.1. The number of carbonyl (C=O) groups is 1. The number of likely N-dealkylation sites (tertiary alicyclic amines) is 1. The van der Waals surface area contributed by atoms with E-state index in [0.29, 0.717) is 60.3 Å². The van der Waals surface area contributed by atoms with Gasteiger partial charge in [0.05, 0.1) is 22.7 Å². The van der Waals surface area contributed by atoms with Crippen LogP contribution in [0.5, 0.6) is 11.5 Å². The monoisotopic (exact) mass is 598 g/mol. The van der Waals surface area contributed by atoms with Gasteiger partial charge in [-0.1, -0.05) is 11.6 Å². The lowest BCUT2D eigenvalue weighted by molar-refractivity contribution is -0.126. The molecule has 8 nitrogen and oxygen atoms in total. The molecule has 0 saturated carbocycles. The summed E-state index contributed by atoms with van der Waals surface area (Å²) in [6.07, 6.45) is 1.57. The molecule has 222 valence electrons. The second-order valence-electron chi connectivity index (χ2n) is 11.0. The number of nitrogens with zero attached hydrogens (tertiary/aromatic N) is 3. The number of aliphatic hydroxyl groups excluding tert-OH is 1. The summed E-state index contributed by atoms with van der Waals surface area (Å²) >= 11 is 6.41. The van der Waals surface area contributed by atoms with E-state index in [0.717, 1.165) is 25.9 Å². The number of aliphatic hydroxyl groups is 1. The first-order valence-corrected chi connectivity index (χ1v) is 14.7. The van der Waals surface area contributed by atoms with Gasteiger partial charge < -0.3 is 29.7 Å². The third-order valence-electron chi connectivity index (χ3n) is 8.16. The number of fused-ring (bicyclic) bond motifs is 1. The molecule has 3 atom stereocenters. The second-order valence-corrected chi connectivity index (χ2v) is 11.4. The van der Waals surface area contributed by atoms with E-state index in [4.69, 9.17) is 26.1 Å². The van der Waals surface area contributed by atoms with E-state index in [9.17, 15) is 18.7 Å². The van der Waals surface area contributed by atoms with Gasteiger partial charge in [0, 0.05) is 25.2 Å². The fourth-order valence-electron chi connectivity index (χ4n) is 5.90. The molecule has 6 rings (SSSR count). The van der Waals surface area contributed by atoms with E-state index in [2.05, 4.69) is 10.2 Å². The molecule has 3 aliphatic rings. The van der Waals surface area contributed by atoms with Gasteiger partial charge in [-0.15, -0.1) is 0 Å². The molecule has 1 amide bonds. The highest BCUT2D eigenvalue weighted by Gasteiger charge is 2.34. The number of benzene rings is 2. The summed E-state index contributed by atoms with van der Waals surface area (Å²) < 4.78 is 39.2. The minimum Gasteiger partial charge on any atom is -0.486 e. The number of anilines is 1. The molecular weight excluding hydrogens is 566 g/mol. The Morgan fingerprint density at radius 1 is 1.07 bits per heavy atom. The van der Waals surface area contributed by atoms with Crippen LogP contribution in [0.1, 0.15) is 30.9 Å². The van der Waals surface area contributed by atoms with Crippen molar-refractivity contribution in [3.63, 3.8) is 0 Å². The van der Waals surface area contributed by atoms with Crippen LogP contribution in [-0.4, -0.2) is 72.9 Å². The predicted molar refractivity (Wildman–Crippen MR) is 155 cm³/mol. The maximum absolute atomic E-state index is 14.8. The Hall–Kier alpha value is -3.47. The summed E-state index contributed by atoms with van der Waals surface area (Å²) in [5.41, 5.74) is 1.57. The van der Waals surface area contributed by atoms with E-state index >= 15 is 0 Å². The molecule has 3 aliphatic heterocycles. The van der Waals surface area contributed by atoms with Crippen molar-refractivity contribution in [1.29, 1.82) is 0 Å². The van der Waals surface area contributed by atoms with Crippen LogP contribution in [0.2, 0.25) is 5.02 Å². The minimum atomic E-state index is -1.14. The smallest absolute Gasteiger partial charge is 0.225 e. The van der Waals surface area contributed by atoms with Crippen molar-refractivity contribution in [2.24, 2.45) is 5.92 Å². The quantitative estimate of drug-likeness (QED) is 0.392. The van der Waals surface area contributed by atoms with Crippen molar-refractivity contribution >= 4 is 23.3 Å². The van der Waals surface area contributed by atoms with Crippen LogP contribution in [-0.2, 0) is 4.79 Å². The highest BCUT2D eigenvalue weighted by Crippen LogP contribution is 2.37. The lowest BCUT2D eigenvalue weighted by atomic mass is 9.99. The summed E-state index contributed by atoms with van der Waals surface area (Å²) in [5.74, 6) is -0.478. The Kier molecular flexibility index (Phi) is 8.46. The first-order valence-electron chi connectivity index (χ1n) is 14.3. The largest absolute Gasteiger partial charge is 0.486 e. The van der Waals surface area contributed by atoms with Gasteiger partial charge in [0.1, 0.15) is 31.0 Å². The van der Waals surface area contributed by atoms with Gasteiger partial charge in [0.25, 0.3) is 0 Å². The number of pyridine rings is 1. The van der Waals surface area contributed by atoms with E-state index in [1.54, 1.807) is 24.3 Å².